The second-order valence-electron chi connectivity index (χ2n) is 6.68. The molecule has 0 saturated heterocycles. The van der Waals surface area contributed by atoms with Gasteiger partial charge in [-0.05, 0) is 37.2 Å². The summed E-state index contributed by atoms with van der Waals surface area (Å²) in [5, 5.41) is 30.6. The number of aliphatic hydroxyl groups excluding tert-OH is 1. The van der Waals surface area contributed by atoms with Crippen LogP contribution in [0.3, 0.4) is 0 Å². The summed E-state index contributed by atoms with van der Waals surface area (Å²) in [5.74, 6) is 0.0102. The standard InChI is InChI=1S/C15H24O3/c1-13(2)9-12-11(10-16)5-4-6-14(3,17)7-8-15(12,13)18/h4-6,12,16-18H,7-10H2,1-3H3/b6-4-,11-5-/t12-,14-,15+/m1/s1. The lowest BCUT2D eigenvalue weighted by atomic mass is 9.48. The molecule has 1 saturated carbocycles. The van der Waals surface area contributed by atoms with Crippen LogP contribution in [-0.2, 0) is 0 Å². The first-order valence-electron chi connectivity index (χ1n) is 6.66. The quantitative estimate of drug-likeness (QED) is 0.666. The summed E-state index contributed by atoms with van der Waals surface area (Å²) in [6, 6.07) is 0. The third kappa shape index (κ3) is 2.04. The maximum absolute atomic E-state index is 10.9. The highest BCUT2D eigenvalue weighted by atomic mass is 16.3. The van der Waals surface area contributed by atoms with Crippen molar-refractivity contribution in [3.63, 3.8) is 0 Å². The Kier molecular flexibility index (Phi) is 3.21. The van der Waals surface area contributed by atoms with Crippen LogP contribution in [0.25, 0.3) is 0 Å². The van der Waals surface area contributed by atoms with E-state index < -0.39 is 11.2 Å². The van der Waals surface area contributed by atoms with Gasteiger partial charge in [0, 0.05) is 5.92 Å². The number of aliphatic hydroxyl groups is 3. The maximum atomic E-state index is 10.9. The third-order valence-electron chi connectivity index (χ3n) is 4.87. The van der Waals surface area contributed by atoms with Crippen molar-refractivity contribution in [2.45, 2.75) is 51.2 Å². The Morgan fingerprint density at radius 2 is 1.89 bits per heavy atom. The number of hydrogen-bond donors (Lipinski definition) is 3. The fraction of sp³-hybridized carbons (Fsp3) is 0.733. The number of rotatable bonds is 1. The van der Waals surface area contributed by atoms with E-state index >= 15 is 0 Å². The summed E-state index contributed by atoms with van der Waals surface area (Å²) in [6.45, 7) is 5.83. The van der Waals surface area contributed by atoms with Crippen molar-refractivity contribution in [1.82, 2.24) is 0 Å². The van der Waals surface area contributed by atoms with Gasteiger partial charge < -0.3 is 15.3 Å². The predicted octanol–water partition coefficient (Wildman–Crippen LogP) is 1.78. The van der Waals surface area contributed by atoms with Crippen LogP contribution in [0.4, 0.5) is 0 Å². The van der Waals surface area contributed by atoms with Crippen molar-refractivity contribution < 1.29 is 15.3 Å². The van der Waals surface area contributed by atoms with Crippen LogP contribution in [0.15, 0.2) is 23.8 Å². The van der Waals surface area contributed by atoms with E-state index in [1.54, 1.807) is 19.1 Å². The molecule has 0 aromatic heterocycles. The molecule has 0 heterocycles. The molecule has 0 bridgehead atoms. The van der Waals surface area contributed by atoms with Crippen molar-refractivity contribution in [2.75, 3.05) is 6.61 Å². The molecule has 0 unspecified atom stereocenters. The molecule has 0 aromatic rings. The van der Waals surface area contributed by atoms with Crippen LogP contribution < -0.4 is 0 Å². The van der Waals surface area contributed by atoms with Crippen molar-refractivity contribution in [3.05, 3.63) is 23.8 Å². The summed E-state index contributed by atoms with van der Waals surface area (Å²) in [7, 11) is 0. The smallest absolute Gasteiger partial charge is 0.0803 e. The van der Waals surface area contributed by atoms with Gasteiger partial charge in [-0.2, -0.15) is 0 Å². The highest BCUT2D eigenvalue weighted by molar-refractivity contribution is 5.28. The fourth-order valence-corrected chi connectivity index (χ4v) is 3.33. The average Bonchev–Trinajstić information content (AvgIpc) is 2.32. The van der Waals surface area contributed by atoms with Gasteiger partial charge in [0.25, 0.3) is 0 Å². The molecule has 0 aromatic carbocycles. The van der Waals surface area contributed by atoms with E-state index in [2.05, 4.69) is 13.8 Å². The zero-order valence-electron chi connectivity index (χ0n) is 11.5. The zero-order chi connectivity index (χ0) is 13.6. The van der Waals surface area contributed by atoms with Crippen LogP contribution in [0.2, 0.25) is 0 Å². The van der Waals surface area contributed by atoms with Crippen molar-refractivity contribution >= 4 is 0 Å². The molecule has 0 radical (unpaired) electrons. The molecule has 3 heteroatoms. The fourth-order valence-electron chi connectivity index (χ4n) is 3.33. The van der Waals surface area contributed by atoms with Gasteiger partial charge >= 0.3 is 0 Å². The molecule has 3 N–H and O–H groups in total. The second-order valence-corrected chi connectivity index (χ2v) is 6.68. The van der Waals surface area contributed by atoms with Crippen LogP contribution in [0.1, 0.15) is 40.0 Å². The summed E-state index contributed by atoms with van der Waals surface area (Å²) >= 11 is 0. The van der Waals surface area contributed by atoms with Gasteiger partial charge in [0.1, 0.15) is 0 Å². The van der Waals surface area contributed by atoms with Crippen LogP contribution in [0.5, 0.6) is 0 Å². The molecule has 0 amide bonds. The highest BCUT2D eigenvalue weighted by Crippen LogP contribution is 2.59. The number of allylic oxidation sites excluding steroid dienone is 2. The Hall–Kier alpha value is -0.640. The first kappa shape index (κ1) is 13.8. The van der Waals surface area contributed by atoms with Crippen LogP contribution >= 0.6 is 0 Å². The molecule has 18 heavy (non-hydrogen) atoms. The van der Waals surface area contributed by atoms with E-state index in [0.717, 1.165) is 12.0 Å². The highest BCUT2D eigenvalue weighted by Gasteiger charge is 2.60. The van der Waals surface area contributed by atoms with Gasteiger partial charge in [-0.1, -0.05) is 32.1 Å². The molecule has 3 atom stereocenters. The van der Waals surface area contributed by atoms with E-state index in [0.29, 0.717) is 12.8 Å². The largest absolute Gasteiger partial charge is 0.392 e. The van der Waals surface area contributed by atoms with Gasteiger partial charge in [-0.25, -0.2) is 0 Å². The minimum atomic E-state index is -0.895. The topological polar surface area (TPSA) is 60.7 Å². The lowest BCUT2D eigenvalue weighted by Crippen LogP contribution is -2.62. The van der Waals surface area contributed by atoms with Crippen molar-refractivity contribution in [1.29, 1.82) is 0 Å². The zero-order valence-corrected chi connectivity index (χ0v) is 11.5. The first-order chi connectivity index (χ1) is 8.22. The molecular formula is C15H24O3. The van der Waals surface area contributed by atoms with Gasteiger partial charge in [0.15, 0.2) is 0 Å². The second kappa shape index (κ2) is 4.19. The Balaban J connectivity index is 2.36. The molecule has 0 spiro atoms. The molecule has 102 valence electrons. The van der Waals surface area contributed by atoms with Crippen LogP contribution in [0, 0.1) is 11.3 Å². The molecule has 2 rings (SSSR count). The molecule has 2 aliphatic carbocycles. The molecule has 1 fully saturated rings. The molecule has 2 aliphatic rings. The number of hydrogen-bond acceptors (Lipinski definition) is 3. The van der Waals surface area contributed by atoms with E-state index in [1.807, 2.05) is 6.08 Å². The third-order valence-corrected chi connectivity index (χ3v) is 4.87. The summed E-state index contributed by atoms with van der Waals surface area (Å²) < 4.78 is 0. The lowest BCUT2D eigenvalue weighted by Gasteiger charge is -2.60. The average molecular weight is 252 g/mol. The summed E-state index contributed by atoms with van der Waals surface area (Å²) in [6.07, 6.45) is 7.34. The van der Waals surface area contributed by atoms with E-state index in [9.17, 15) is 15.3 Å². The van der Waals surface area contributed by atoms with Gasteiger partial charge in [-0.15, -0.1) is 0 Å². The van der Waals surface area contributed by atoms with E-state index in [-0.39, 0.29) is 17.9 Å². The normalized spacial score (nSPS) is 47.7. The van der Waals surface area contributed by atoms with E-state index in [4.69, 9.17) is 0 Å². The minimum Gasteiger partial charge on any atom is -0.392 e. The Bertz CT molecular complexity index is 393. The lowest BCUT2D eigenvalue weighted by molar-refractivity contribution is -0.197. The Labute approximate surface area is 109 Å². The number of fused-ring (bicyclic) bond motifs is 1. The maximum Gasteiger partial charge on any atom is 0.0803 e. The Morgan fingerprint density at radius 3 is 2.44 bits per heavy atom. The SMILES string of the molecule is CC1(C)C[C@@H]2/C(CO)=C\C=C/[C@@](C)(O)CC[C@]21O. The first-order valence-corrected chi connectivity index (χ1v) is 6.66. The molecule has 0 aliphatic heterocycles. The molecular weight excluding hydrogens is 228 g/mol. The van der Waals surface area contributed by atoms with Gasteiger partial charge in [-0.3, -0.25) is 0 Å². The van der Waals surface area contributed by atoms with Crippen molar-refractivity contribution in [2.24, 2.45) is 11.3 Å². The summed E-state index contributed by atoms with van der Waals surface area (Å²) in [4.78, 5) is 0. The Morgan fingerprint density at radius 1 is 1.22 bits per heavy atom. The summed E-state index contributed by atoms with van der Waals surface area (Å²) in [5.41, 5.74) is -1.01. The monoisotopic (exact) mass is 252 g/mol. The van der Waals surface area contributed by atoms with E-state index in [1.165, 1.54) is 0 Å². The predicted molar refractivity (Wildman–Crippen MR) is 71.0 cm³/mol. The van der Waals surface area contributed by atoms with Crippen molar-refractivity contribution in [3.8, 4) is 0 Å². The van der Waals surface area contributed by atoms with Gasteiger partial charge in [0.05, 0.1) is 17.8 Å². The molecule has 3 nitrogen and oxygen atoms in total. The van der Waals surface area contributed by atoms with Gasteiger partial charge in [0.2, 0.25) is 0 Å². The van der Waals surface area contributed by atoms with Crippen LogP contribution in [-0.4, -0.2) is 33.1 Å². The minimum absolute atomic E-state index is 0.0102.